The van der Waals surface area contributed by atoms with Crippen LogP contribution in [-0.4, -0.2) is 9.97 Å². The molecule has 8 rings (SSSR count). The standard InChI is InChI=1S/C36H23N3O2/c1-3-14-29-24(9-1)20-21-25-10-2-4-15-30(25)39(29)33-18-7-19-34(38-33)40-27-12-5-11-26(23-27)28-13-6-16-31-35(28)36-32(41-31)17-8-22-37-36/h1-23H. The van der Waals surface area contributed by atoms with Crippen LogP contribution in [0.3, 0.4) is 0 Å². The maximum absolute atomic E-state index is 6.37. The smallest absolute Gasteiger partial charge is 0.221 e. The summed E-state index contributed by atoms with van der Waals surface area (Å²) in [4.78, 5) is 11.7. The minimum absolute atomic E-state index is 0.514. The highest BCUT2D eigenvalue weighted by molar-refractivity contribution is 6.10. The summed E-state index contributed by atoms with van der Waals surface area (Å²) in [5.41, 5.74) is 8.87. The lowest BCUT2D eigenvalue weighted by Gasteiger charge is -2.26. The van der Waals surface area contributed by atoms with Crippen molar-refractivity contribution in [2.45, 2.75) is 0 Å². The molecular formula is C36H23N3O2. The van der Waals surface area contributed by atoms with E-state index in [1.165, 1.54) is 0 Å². The number of aromatic nitrogens is 2. The maximum atomic E-state index is 6.37. The molecule has 3 aromatic heterocycles. The number of pyridine rings is 2. The molecule has 0 saturated heterocycles. The molecule has 5 heteroatoms. The van der Waals surface area contributed by atoms with Crippen molar-refractivity contribution in [3.63, 3.8) is 0 Å². The van der Waals surface area contributed by atoms with E-state index in [1.54, 1.807) is 6.20 Å². The average molecular weight is 530 g/mol. The number of ether oxygens (including phenoxy) is 1. The van der Waals surface area contributed by atoms with E-state index in [0.29, 0.717) is 11.6 Å². The molecule has 5 nitrogen and oxygen atoms in total. The fourth-order valence-electron chi connectivity index (χ4n) is 5.53. The van der Waals surface area contributed by atoms with Gasteiger partial charge in [-0.25, -0.2) is 0 Å². The average Bonchev–Trinajstić information content (AvgIpc) is 3.32. The first kappa shape index (κ1) is 23.2. The van der Waals surface area contributed by atoms with E-state index in [-0.39, 0.29) is 0 Å². The topological polar surface area (TPSA) is 51.4 Å². The number of para-hydroxylation sites is 2. The van der Waals surface area contributed by atoms with Gasteiger partial charge in [0.1, 0.15) is 22.7 Å². The summed E-state index contributed by atoms with van der Waals surface area (Å²) in [6.07, 6.45) is 6.10. The molecule has 0 unspecified atom stereocenters. The highest BCUT2D eigenvalue weighted by Gasteiger charge is 2.21. The maximum Gasteiger partial charge on any atom is 0.221 e. The SMILES string of the molecule is C1=Cc2ccccc2N(c2cccc(Oc3cccc(-c4cccc5oc6cccnc6c45)c3)n2)c2ccccc21. The number of furan rings is 1. The highest BCUT2D eigenvalue weighted by atomic mass is 16.5. The third-order valence-electron chi connectivity index (χ3n) is 7.36. The molecule has 0 saturated carbocycles. The van der Waals surface area contributed by atoms with E-state index < -0.39 is 0 Å². The van der Waals surface area contributed by atoms with Gasteiger partial charge in [-0.2, -0.15) is 4.98 Å². The molecule has 0 atom stereocenters. The molecule has 4 heterocycles. The first-order chi connectivity index (χ1) is 20.3. The Hall–Kier alpha value is -5.68. The minimum Gasteiger partial charge on any atom is -0.454 e. The summed E-state index contributed by atoms with van der Waals surface area (Å²) in [5.74, 6) is 1.99. The van der Waals surface area contributed by atoms with Crippen molar-refractivity contribution >= 4 is 51.4 Å². The first-order valence-corrected chi connectivity index (χ1v) is 13.5. The summed E-state index contributed by atoms with van der Waals surface area (Å²) in [6.45, 7) is 0. The Labute approximate surface area is 236 Å². The molecule has 0 spiro atoms. The summed E-state index contributed by atoms with van der Waals surface area (Å²) >= 11 is 0. The minimum atomic E-state index is 0.514. The molecule has 1 aliphatic rings. The Morgan fingerprint density at radius 1 is 0.634 bits per heavy atom. The van der Waals surface area contributed by atoms with Gasteiger partial charge in [0.25, 0.3) is 0 Å². The van der Waals surface area contributed by atoms with Gasteiger partial charge in [0, 0.05) is 12.3 Å². The van der Waals surface area contributed by atoms with Crippen molar-refractivity contribution in [2.24, 2.45) is 0 Å². The summed E-state index contributed by atoms with van der Waals surface area (Å²) in [7, 11) is 0. The van der Waals surface area contributed by atoms with E-state index in [1.807, 2.05) is 60.7 Å². The van der Waals surface area contributed by atoms with Gasteiger partial charge in [0.2, 0.25) is 5.88 Å². The van der Waals surface area contributed by atoms with Crippen LogP contribution in [-0.2, 0) is 0 Å². The lowest BCUT2D eigenvalue weighted by molar-refractivity contribution is 0.463. The van der Waals surface area contributed by atoms with E-state index in [9.17, 15) is 0 Å². The molecule has 0 aliphatic carbocycles. The van der Waals surface area contributed by atoms with Crippen LogP contribution >= 0.6 is 0 Å². The molecule has 7 aromatic rings. The normalized spacial score (nSPS) is 12.2. The molecule has 4 aromatic carbocycles. The van der Waals surface area contributed by atoms with Crippen LogP contribution in [0.25, 0.3) is 45.3 Å². The van der Waals surface area contributed by atoms with Crippen molar-refractivity contribution < 1.29 is 9.15 Å². The number of nitrogens with zero attached hydrogens (tertiary/aromatic N) is 3. The number of hydrogen-bond donors (Lipinski definition) is 0. The predicted molar refractivity (Wildman–Crippen MR) is 165 cm³/mol. The van der Waals surface area contributed by atoms with Crippen LogP contribution in [0.5, 0.6) is 11.6 Å². The van der Waals surface area contributed by atoms with Gasteiger partial charge in [0.15, 0.2) is 5.58 Å². The van der Waals surface area contributed by atoms with E-state index in [4.69, 9.17) is 14.1 Å². The quantitative estimate of drug-likeness (QED) is 0.227. The Balaban J connectivity index is 1.18. The van der Waals surface area contributed by atoms with Crippen LogP contribution in [0.4, 0.5) is 17.2 Å². The van der Waals surface area contributed by atoms with Gasteiger partial charge >= 0.3 is 0 Å². The molecule has 0 N–H and O–H groups in total. The number of hydrogen-bond acceptors (Lipinski definition) is 5. The van der Waals surface area contributed by atoms with Crippen LogP contribution in [0.2, 0.25) is 0 Å². The lowest BCUT2D eigenvalue weighted by Crippen LogP contribution is -2.13. The van der Waals surface area contributed by atoms with Gasteiger partial charge < -0.3 is 9.15 Å². The van der Waals surface area contributed by atoms with Gasteiger partial charge in [-0.3, -0.25) is 9.88 Å². The van der Waals surface area contributed by atoms with Crippen LogP contribution in [0.15, 0.2) is 132 Å². The Morgan fingerprint density at radius 2 is 1.37 bits per heavy atom. The molecule has 0 radical (unpaired) electrons. The highest BCUT2D eigenvalue weighted by Crippen LogP contribution is 2.42. The first-order valence-electron chi connectivity index (χ1n) is 13.5. The number of benzene rings is 4. The van der Waals surface area contributed by atoms with Crippen molar-refractivity contribution in [3.05, 3.63) is 139 Å². The third-order valence-corrected chi connectivity index (χ3v) is 7.36. The van der Waals surface area contributed by atoms with Crippen molar-refractivity contribution in [1.82, 2.24) is 9.97 Å². The monoisotopic (exact) mass is 529 g/mol. The second kappa shape index (κ2) is 9.50. The number of anilines is 3. The second-order valence-electron chi connectivity index (χ2n) is 9.88. The Morgan fingerprint density at radius 3 is 2.20 bits per heavy atom. The van der Waals surface area contributed by atoms with Crippen LogP contribution in [0, 0.1) is 0 Å². The van der Waals surface area contributed by atoms with Gasteiger partial charge in [-0.1, -0.05) is 78.9 Å². The molecule has 0 fully saturated rings. The van der Waals surface area contributed by atoms with Gasteiger partial charge in [-0.05, 0) is 70.8 Å². The zero-order chi connectivity index (χ0) is 27.2. The number of fused-ring (bicyclic) bond motifs is 5. The van der Waals surface area contributed by atoms with Crippen molar-refractivity contribution in [3.8, 4) is 22.8 Å². The summed E-state index contributed by atoms with van der Waals surface area (Å²) < 4.78 is 12.4. The zero-order valence-corrected chi connectivity index (χ0v) is 21.9. The second-order valence-corrected chi connectivity index (χ2v) is 9.88. The fourth-order valence-corrected chi connectivity index (χ4v) is 5.53. The van der Waals surface area contributed by atoms with Crippen LogP contribution in [0.1, 0.15) is 11.1 Å². The summed E-state index contributed by atoms with van der Waals surface area (Å²) in [6, 6.07) is 40.5. The third kappa shape index (κ3) is 4.03. The Kier molecular flexibility index (Phi) is 5.38. The molecule has 194 valence electrons. The fraction of sp³-hybridized carbons (Fsp3) is 0. The molecule has 0 amide bonds. The van der Waals surface area contributed by atoms with Crippen LogP contribution < -0.4 is 9.64 Å². The largest absolute Gasteiger partial charge is 0.454 e. The van der Waals surface area contributed by atoms with E-state index in [0.717, 1.165) is 61.5 Å². The Bertz CT molecular complexity index is 2060. The van der Waals surface area contributed by atoms with Crippen molar-refractivity contribution in [1.29, 1.82) is 0 Å². The predicted octanol–water partition coefficient (Wildman–Crippen LogP) is 9.79. The summed E-state index contributed by atoms with van der Waals surface area (Å²) in [5, 5.41) is 0.993. The molecule has 41 heavy (non-hydrogen) atoms. The van der Waals surface area contributed by atoms with Gasteiger partial charge in [-0.15, -0.1) is 0 Å². The lowest BCUT2D eigenvalue weighted by atomic mass is 10.0. The van der Waals surface area contributed by atoms with E-state index in [2.05, 4.69) is 82.7 Å². The molecular weight excluding hydrogens is 506 g/mol. The molecule has 0 bridgehead atoms. The zero-order valence-electron chi connectivity index (χ0n) is 21.9. The van der Waals surface area contributed by atoms with Gasteiger partial charge in [0.05, 0.1) is 16.8 Å². The van der Waals surface area contributed by atoms with Crippen molar-refractivity contribution in [2.75, 3.05) is 4.90 Å². The molecule has 1 aliphatic heterocycles. The number of rotatable bonds is 4. The van der Waals surface area contributed by atoms with E-state index >= 15 is 0 Å².